The van der Waals surface area contributed by atoms with Crippen LogP contribution in [0.4, 0.5) is 18.9 Å². The van der Waals surface area contributed by atoms with Crippen molar-refractivity contribution in [3.8, 4) is 0 Å². The number of nitrogens with zero attached hydrogens (tertiary/aromatic N) is 2. The van der Waals surface area contributed by atoms with Gasteiger partial charge in [0.15, 0.2) is 0 Å². The van der Waals surface area contributed by atoms with Crippen LogP contribution in [0.3, 0.4) is 0 Å². The van der Waals surface area contributed by atoms with Gasteiger partial charge in [0.25, 0.3) is 11.7 Å². The van der Waals surface area contributed by atoms with E-state index in [9.17, 15) is 27.9 Å². The number of carbonyl (C=O) groups is 2. The first-order valence-electron chi connectivity index (χ1n) is 8.80. The van der Waals surface area contributed by atoms with Crippen LogP contribution >= 0.6 is 0 Å². The van der Waals surface area contributed by atoms with E-state index < -0.39 is 40.9 Å². The second kappa shape index (κ2) is 7.47. The van der Waals surface area contributed by atoms with Crippen molar-refractivity contribution in [3.63, 3.8) is 0 Å². The number of benzene rings is 2. The van der Waals surface area contributed by atoms with Crippen molar-refractivity contribution in [1.82, 2.24) is 4.98 Å². The van der Waals surface area contributed by atoms with Crippen LogP contribution in [0.15, 0.2) is 72.6 Å². The molecule has 1 aliphatic rings. The Balaban J connectivity index is 1.96. The first-order valence-corrected chi connectivity index (χ1v) is 8.80. The van der Waals surface area contributed by atoms with Gasteiger partial charge in [0, 0.05) is 24.0 Å². The fraction of sp³-hybridized carbons (Fsp3) is 0.0455. The second-order valence-corrected chi connectivity index (χ2v) is 6.55. The SMILES string of the molecule is O=C1C(=O)N(c2ccc(F)cc2F)C(c2ccncc2)/C1=C(\O)c1ccc(F)cc1. The number of aliphatic hydroxyl groups is 1. The van der Waals surface area contributed by atoms with Crippen molar-refractivity contribution in [2.45, 2.75) is 6.04 Å². The molecular formula is C22H13F3N2O3. The Hall–Kier alpha value is -3.94. The van der Waals surface area contributed by atoms with Crippen LogP contribution in [-0.2, 0) is 9.59 Å². The number of amides is 1. The standard InChI is InChI=1S/C22H13F3N2O3/c23-14-3-1-13(2-4-14)20(28)18-19(12-7-9-26-10-8-12)27(22(30)21(18)29)17-6-5-15(24)11-16(17)25/h1-11,19,28H/b20-18+. The lowest BCUT2D eigenvalue weighted by atomic mass is 9.95. The van der Waals surface area contributed by atoms with E-state index in [1.165, 1.54) is 36.7 Å². The Bertz CT molecular complexity index is 1180. The average Bonchev–Trinajstić information content (AvgIpc) is 3.00. The van der Waals surface area contributed by atoms with E-state index in [0.29, 0.717) is 11.6 Å². The molecular weight excluding hydrogens is 397 g/mol. The van der Waals surface area contributed by atoms with Gasteiger partial charge in [-0.2, -0.15) is 0 Å². The molecule has 0 saturated carbocycles. The summed E-state index contributed by atoms with van der Waals surface area (Å²) in [7, 11) is 0. The maximum absolute atomic E-state index is 14.5. The lowest BCUT2D eigenvalue weighted by molar-refractivity contribution is -0.132. The second-order valence-electron chi connectivity index (χ2n) is 6.55. The number of hydrogen-bond donors (Lipinski definition) is 1. The van der Waals surface area contributed by atoms with Gasteiger partial charge in [-0.15, -0.1) is 0 Å². The first-order chi connectivity index (χ1) is 14.4. The number of ketones is 1. The summed E-state index contributed by atoms with van der Waals surface area (Å²) in [4.78, 5) is 30.4. The Morgan fingerprint density at radius 3 is 2.17 bits per heavy atom. The number of pyridine rings is 1. The summed E-state index contributed by atoms with van der Waals surface area (Å²) in [6.07, 6.45) is 2.82. The number of halogens is 3. The van der Waals surface area contributed by atoms with Gasteiger partial charge in [0.05, 0.1) is 17.3 Å². The zero-order chi connectivity index (χ0) is 21.4. The third-order valence-corrected chi connectivity index (χ3v) is 4.75. The predicted octanol–water partition coefficient (Wildman–Crippen LogP) is 4.13. The summed E-state index contributed by atoms with van der Waals surface area (Å²) in [5, 5.41) is 10.8. The fourth-order valence-electron chi connectivity index (χ4n) is 3.38. The van der Waals surface area contributed by atoms with Crippen molar-refractivity contribution in [1.29, 1.82) is 0 Å². The van der Waals surface area contributed by atoms with Crippen LogP contribution in [0.2, 0.25) is 0 Å². The number of aromatic nitrogens is 1. The molecule has 1 fully saturated rings. The molecule has 1 amide bonds. The van der Waals surface area contributed by atoms with Gasteiger partial charge in [-0.25, -0.2) is 13.2 Å². The lowest BCUT2D eigenvalue weighted by Gasteiger charge is -2.25. The van der Waals surface area contributed by atoms with Crippen LogP contribution in [-0.4, -0.2) is 21.8 Å². The molecule has 0 aliphatic carbocycles. The van der Waals surface area contributed by atoms with Gasteiger partial charge in [0.1, 0.15) is 23.2 Å². The summed E-state index contributed by atoms with van der Waals surface area (Å²) >= 11 is 0. The molecule has 1 aromatic heterocycles. The van der Waals surface area contributed by atoms with Crippen molar-refractivity contribution in [2.24, 2.45) is 0 Å². The van der Waals surface area contributed by atoms with Gasteiger partial charge in [-0.1, -0.05) is 0 Å². The van der Waals surface area contributed by atoms with Gasteiger partial charge >= 0.3 is 0 Å². The largest absolute Gasteiger partial charge is 0.507 e. The molecule has 1 unspecified atom stereocenters. The number of anilines is 1. The van der Waals surface area contributed by atoms with E-state index in [2.05, 4.69) is 4.98 Å². The summed E-state index contributed by atoms with van der Waals surface area (Å²) in [5.41, 5.74) is -0.148. The summed E-state index contributed by atoms with van der Waals surface area (Å²) in [5.74, 6) is -5.13. The van der Waals surface area contributed by atoms with Crippen molar-refractivity contribution in [3.05, 3.63) is 101 Å². The number of hydrogen-bond acceptors (Lipinski definition) is 4. The third-order valence-electron chi connectivity index (χ3n) is 4.75. The molecule has 1 atom stereocenters. The third kappa shape index (κ3) is 3.22. The normalized spacial score (nSPS) is 18.1. The van der Waals surface area contributed by atoms with Gasteiger partial charge < -0.3 is 5.11 Å². The Labute approximate surface area is 168 Å². The van der Waals surface area contributed by atoms with Crippen molar-refractivity contribution in [2.75, 3.05) is 4.90 Å². The molecule has 150 valence electrons. The van der Waals surface area contributed by atoms with Crippen LogP contribution in [0.25, 0.3) is 5.76 Å². The smallest absolute Gasteiger partial charge is 0.300 e. The minimum atomic E-state index is -1.20. The van der Waals surface area contributed by atoms with Crippen LogP contribution in [0.1, 0.15) is 17.2 Å². The van der Waals surface area contributed by atoms with E-state index >= 15 is 0 Å². The number of rotatable bonds is 3. The number of aliphatic hydroxyl groups excluding tert-OH is 1. The van der Waals surface area contributed by atoms with E-state index in [1.807, 2.05) is 0 Å². The number of carbonyl (C=O) groups excluding carboxylic acids is 2. The number of Topliss-reactive ketones (excluding diaryl/α,β-unsaturated/α-hetero) is 1. The highest BCUT2D eigenvalue weighted by atomic mass is 19.1. The van der Waals surface area contributed by atoms with E-state index in [-0.39, 0.29) is 16.8 Å². The Morgan fingerprint density at radius 2 is 1.53 bits per heavy atom. The van der Waals surface area contributed by atoms with Gasteiger partial charge in [-0.3, -0.25) is 19.5 Å². The van der Waals surface area contributed by atoms with Gasteiger partial charge in [-0.05, 0) is 54.1 Å². The van der Waals surface area contributed by atoms with Gasteiger partial charge in [0.2, 0.25) is 0 Å². The highest BCUT2D eigenvalue weighted by molar-refractivity contribution is 6.51. The van der Waals surface area contributed by atoms with E-state index in [1.54, 1.807) is 0 Å². The summed E-state index contributed by atoms with van der Waals surface area (Å²) in [6.45, 7) is 0. The van der Waals surface area contributed by atoms with Crippen LogP contribution < -0.4 is 4.90 Å². The van der Waals surface area contributed by atoms with Crippen LogP contribution in [0, 0.1) is 17.5 Å². The molecule has 0 radical (unpaired) electrons. The highest BCUT2D eigenvalue weighted by Crippen LogP contribution is 2.42. The highest BCUT2D eigenvalue weighted by Gasteiger charge is 2.47. The van der Waals surface area contributed by atoms with E-state index in [0.717, 1.165) is 29.2 Å². The molecule has 2 aromatic carbocycles. The topological polar surface area (TPSA) is 70.5 Å². The van der Waals surface area contributed by atoms with E-state index in [4.69, 9.17) is 0 Å². The first kappa shape index (κ1) is 19.4. The monoisotopic (exact) mass is 410 g/mol. The molecule has 0 bridgehead atoms. The fourth-order valence-corrected chi connectivity index (χ4v) is 3.38. The maximum atomic E-state index is 14.5. The molecule has 3 aromatic rings. The van der Waals surface area contributed by atoms with Crippen molar-refractivity contribution >= 4 is 23.1 Å². The van der Waals surface area contributed by atoms with Crippen LogP contribution in [0.5, 0.6) is 0 Å². The van der Waals surface area contributed by atoms with Crippen molar-refractivity contribution < 1.29 is 27.9 Å². The minimum absolute atomic E-state index is 0.105. The zero-order valence-electron chi connectivity index (χ0n) is 15.2. The molecule has 5 nitrogen and oxygen atoms in total. The maximum Gasteiger partial charge on any atom is 0.300 e. The summed E-state index contributed by atoms with van der Waals surface area (Å²) in [6, 6.07) is 9.09. The Kier molecular flexibility index (Phi) is 4.83. The molecule has 1 aliphatic heterocycles. The molecule has 8 heteroatoms. The lowest BCUT2D eigenvalue weighted by Crippen LogP contribution is -2.30. The molecule has 4 rings (SSSR count). The zero-order valence-corrected chi connectivity index (χ0v) is 15.2. The molecule has 1 saturated heterocycles. The Morgan fingerprint density at radius 1 is 0.900 bits per heavy atom. The average molecular weight is 410 g/mol. The predicted molar refractivity (Wildman–Crippen MR) is 102 cm³/mol. The molecule has 1 N–H and O–H groups in total. The molecule has 0 spiro atoms. The summed E-state index contributed by atoms with van der Waals surface area (Å²) < 4.78 is 41.2. The minimum Gasteiger partial charge on any atom is -0.507 e. The molecule has 2 heterocycles. The quantitative estimate of drug-likeness (QED) is 0.401. The molecule has 30 heavy (non-hydrogen) atoms.